The van der Waals surface area contributed by atoms with Gasteiger partial charge in [-0.3, -0.25) is 9.82 Å². The number of anilines is 1. The molecule has 0 radical (unpaired) electrons. The van der Waals surface area contributed by atoms with Gasteiger partial charge in [-0.1, -0.05) is 27.8 Å². The zero-order valence-corrected chi connectivity index (χ0v) is 17.4. The fraction of sp³-hybridized carbons (Fsp3) is 0. The third kappa shape index (κ3) is 4.03. The number of aromatic nitrogens is 3. The normalized spacial score (nSPS) is 11.2. The molecule has 0 unspecified atom stereocenters. The predicted octanol–water partition coefficient (Wildman–Crippen LogP) is 4.20. The number of rotatable bonds is 3. The van der Waals surface area contributed by atoms with E-state index in [1.54, 1.807) is 12.3 Å². The van der Waals surface area contributed by atoms with Crippen molar-refractivity contribution < 1.29 is 17.2 Å². The topological polar surface area (TPSA) is 87.7 Å². The van der Waals surface area contributed by atoms with E-state index < -0.39 is 32.9 Å². The number of nitrogens with one attached hydrogen (secondary N) is 2. The minimum absolute atomic E-state index is 0.0680. The molecule has 0 bridgehead atoms. The third-order valence-electron chi connectivity index (χ3n) is 4.08. The number of H-pyrrole nitrogens is 1. The summed E-state index contributed by atoms with van der Waals surface area (Å²) in [5.74, 6) is 3.03. The first kappa shape index (κ1) is 20.0. The van der Waals surface area contributed by atoms with Crippen LogP contribution in [0.2, 0.25) is 0 Å². The van der Waals surface area contributed by atoms with E-state index in [-0.39, 0.29) is 4.90 Å². The minimum atomic E-state index is -4.07. The highest BCUT2D eigenvalue weighted by Crippen LogP contribution is 2.24. The predicted molar refractivity (Wildman–Crippen MR) is 111 cm³/mol. The van der Waals surface area contributed by atoms with Gasteiger partial charge >= 0.3 is 0 Å². The summed E-state index contributed by atoms with van der Waals surface area (Å²) in [6, 6.07) is 9.40. The molecule has 150 valence electrons. The number of nitrogens with zero attached hydrogens (tertiary/aromatic N) is 2. The van der Waals surface area contributed by atoms with Crippen LogP contribution in [0.15, 0.2) is 64.2 Å². The molecule has 2 N–H and O–H groups in total. The van der Waals surface area contributed by atoms with Crippen LogP contribution < -0.4 is 4.72 Å². The lowest BCUT2D eigenvalue weighted by Crippen LogP contribution is -2.14. The van der Waals surface area contributed by atoms with E-state index in [4.69, 9.17) is 0 Å². The SMILES string of the molecule is O=S(=O)(Nc1ccc(F)c(C#Cc2cnc3[nH]ncc3c2)c1F)c1ccc(Br)cc1. The zero-order valence-electron chi connectivity index (χ0n) is 14.9. The van der Waals surface area contributed by atoms with Crippen LogP contribution in [0.25, 0.3) is 11.0 Å². The van der Waals surface area contributed by atoms with Gasteiger partial charge in [-0.2, -0.15) is 5.10 Å². The van der Waals surface area contributed by atoms with E-state index >= 15 is 0 Å². The van der Waals surface area contributed by atoms with Gasteiger partial charge in [0.15, 0.2) is 11.5 Å². The summed E-state index contributed by atoms with van der Waals surface area (Å²) in [5.41, 5.74) is 0.0103. The number of fused-ring (bicyclic) bond motifs is 1. The van der Waals surface area contributed by atoms with Crippen LogP contribution in [0.4, 0.5) is 14.5 Å². The molecular weight excluding hydrogens is 478 g/mol. The first-order valence-electron chi connectivity index (χ1n) is 8.41. The van der Waals surface area contributed by atoms with Crippen molar-refractivity contribution in [2.24, 2.45) is 0 Å². The number of halogens is 3. The lowest BCUT2D eigenvalue weighted by Gasteiger charge is -2.10. The molecule has 10 heteroatoms. The fourth-order valence-electron chi connectivity index (χ4n) is 2.60. The van der Waals surface area contributed by atoms with Crippen LogP contribution in [0, 0.1) is 23.5 Å². The molecular formula is C20H11BrF2N4O2S. The van der Waals surface area contributed by atoms with Crippen molar-refractivity contribution in [3.05, 3.63) is 82.1 Å². The summed E-state index contributed by atoms with van der Waals surface area (Å²) in [5, 5.41) is 7.22. The Hall–Kier alpha value is -3.29. The van der Waals surface area contributed by atoms with Gasteiger partial charge in [-0.25, -0.2) is 22.2 Å². The van der Waals surface area contributed by atoms with Crippen LogP contribution in [-0.4, -0.2) is 23.6 Å². The minimum Gasteiger partial charge on any atom is -0.277 e. The monoisotopic (exact) mass is 488 g/mol. The average Bonchev–Trinajstić information content (AvgIpc) is 3.18. The highest BCUT2D eigenvalue weighted by atomic mass is 79.9. The molecule has 0 saturated carbocycles. The molecule has 0 atom stereocenters. The second-order valence-electron chi connectivity index (χ2n) is 6.13. The van der Waals surface area contributed by atoms with Crippen LogP contribution in [0.5, 0.6) is 0 Å². The van der Waals surface area contributed by atoms with Gasteiger partial charge in [0.05, 0.1) is 22.3 Å². The highest BCUT2D eigenvalue weighted by Gasteiger charge is 2.19. The summed E-state index contributed by atoms with van der Waals surface area (Å²) in [4.78, 5) is 4.03. The van der Waals surface area contributed by atoms with E-state index in [0.29, 0.717) is 21.1 Å². The van der Waals surface area contributed by atoms with Gasteiger partial charge in [0.2, 0.25) is 0 Å². The molecule has 0 spiro atoms. The summed E-state index contributed by atoms with van der Waals surface area (Å²) < 4.78 is 56.8. The Morgan fingerprint density at radius 2 is 1.80 bits per heavy atom. The van der Waals surface area contributed by atoms with Gasteiger partial charge in [0, 0.05) is 21.6 Å². The molecule has 0 aliphatic carbocycles. The lowest BCUT2D eigenvalue weighted by atomic mass is 10.1. The van der Waals surface area contributed by atoms with Crippen molar-refractivity contribution in [2.75, 3.05) is 4.72 Å². The number of hydrogen-bond donors (Lipinski definition) is 2. The molecule has 4 aromatic rings. The van der Waals surface area contributed by atoms with Gasteiger partial charge < -0.3 is 0 Å². The first-order chi connectivity index (χ1) is 14.3. The van der Waals surface area contributed by atoms with Crippen molar-refractivity contribution in [2.45, 2.75) is 4.90 Å². The van der Waals surface area contributed by atoms with Gasteiger partial charge in [-0.15, -0.1) is 0 Å². The quantitative estimate of drug-likeness (QED) is 0.423. The van der Waals surface area contributed by atoms with Crippen molar-refractivity contribution in [3.63, 3.8) is 0 Å². The molecule has 4 rings (SSSR count). The smallest absolute Gasteiger partial charge is 0.261 e. The molecule has 2 aromatic heterocycles. The van der Waals surface area contributed by atoms with E-state index in [1.165, 1.54) is 30.5 Å². The molecule has 30 heavy (non-hydrogen) atoms. The molecule has 0 fully saturated rings. The Morgan fingerprint density at radius 1 is 1.03 bits per heavy atom. The van der Waals surface area contributed by atoms with Gasteiger partial charge in [0.1, 0.15) is 5.82 Å². The number of sulfonamides is 1. The summed E-state index contributed by atoms with van der Waals surface area (Å²) >= 11 is 3.21. The lowest BCUT2D eigenvalue weighted by molar-refractivity contribution is 0.578. The van der Waals surface area contributed by atoms with Crippen LogP contribution >= 0.6 is 15.9 Å². The largest absolute Gasteiger partial charge is 0.277 e. The van der Waals surface area contributed by atoms with E-state index in [2.05, 4.69) is 47.7 Å². The summed E-state index contributed by atoms with van der Waals surface area (Å²) in [6.45, 7) is 0. The molecule has 2 heterocycles. The molecule has 0 amide bonds. The van der Waals surface area contributed by atoms with Crippen molar-refractivity contribution in [1.29, 1.82) is 0 Å². The summed E-state index contributed by atoms with van der Waals surface area (Å²) in [6.07, 6.45) is 2.98. The fourth-order valence-corrected chi connectivity index (χ4v) is 3.93. The molecule has 0 aliphatic rings. The Morgan fingerprint density at radius 3 is 2.57 bits per heavy atom. The van der Waals surface area contributed by atoms with Gasteiger partial charge in [0.25, 0.3) is 10.0 Å². The average molecular weight is 489 g/mol. The summed E-state index contributed by atoms with van der Waals surface area (Å²) in [7, 11) is -4.07. The second kappa shape index (κ2) is 7.85. The number of aromatic amines is 1. The van der Waals surface area contributed by atoms with Gasteiger partial charge in [-0.05, 0) is 42.5 Å². The maximum absolute atomic E-state index is 14.8. The van der Waals surface area contributed by atoms with Crippen LogP contribution in [0.3, 0.4) is 0 Å². The maximum atomic E-state index is 14.8. The molecule has 0 saturated heterocycles. The van der Waals surface area contributed by atoms with Crippen LogP contribution in [-0.2, 0) is 10.0 Å². The zero-order chi connectivity index (χ0) is 21.3. The highest BCUT2D eigenvalue weighted by molar-refractivity contribution is 9.10. The number of pyridine rings is 1. The maximum Gasteiger partial charge on any atom is 0.261 e. The van der Waals surface area contributed by atoms with E-state index in [0.717, 1.165) is 12.1 Å². The molecule has 0 aliphatic heterocycles. The Balaban J connectivity index is 1.68. The van der Waals surface area contributed by atoms with E-state index in [1.807, 2.05) is 0 Å². The number of benzene rings is 2. The second-order valence-corrected chi connectivity index (χ2v) is 8.72. The Labute approximate surface area is 178 Å². The van der Waals surface area contributed by atoms with Crippen LogP contribution in [0.1, 0.15) is 11.1 Å². The van der Waals surface area contributed by atoms with Crippen molar-refractivity contribution in [1.82, 2.24) is 15.2 Å². The Bertz CT molecular complexity index is 1420. The molecule has 2 aromatic carbocycles. The Kier molecular flexibility index (Phi) is 5.24. The third-order valence-corrected chi connectivity index (χ3v) is 5.99. The van der Waals surface area contributed by atoms with Crippen molar-refractivity contribution >= 4 is 42.7 Å². The molecule has 6 nitrogen and oxygen atoms in total. The number of hydrogen-bond acceptors (Lipinski definition) is 4. The van der Waals surface area contributed by atoms with E-state index in [9.17, 15) is 17.2 Å². The first-order valence-corrected chi connectivity index (χ1v) is 10.7. The standard InChI is InChI=1S/C20H11BrF2N4O2S/c21-14-2-4-15(5-3-14)30(28,29)27-18-8-7-17(22)16(19(18)23)6-1-12-9-13-11-25-26-20(13)24-10-12/h2-5,7-11,27H,(H,24,25,26). The van der Waals surface area contributed by atoms with Crippen molar-refractivity contribution in [3.8, 4) is 11.8 Å².